The van der Waals surface area contributed by atoms with Gasteiger partial charge in [-0.3, -0.25) is 29.4 Å². The topological polar surface area (TPSA) is 96.0 Å². The van der Waals surface area contributed by atoms with Crippen molar-refractivity contribution < 1.29 is 23.9 Å². The van der Waals surface area contributed by atoms with Gasteiger partial charge in [-0.1, -0.05) is 0 Å². The Balaban J connectivity index is 1.62. The second-order valence-corrected chi connectivity index (χ2v) is 6.63. The van der Waals surface area contributed by atoms with Crippen LogP contribution >= 0.6 is 0 Å². The normalized spacial score (nSPS) is 23.8. The summed E-state index contributed by atoms with van der Waals surface area (Å²) in [6.07, 6.45) is 1.17. The van der Waals surface area contributed by atoms with E-state index >= 15 is 0 Å². The smallest absolute Gasteiger partial charge is 0.262 e. The van der Waals surface area contributed by atoms with Gasteiger partial charge in [0.1, 0.15) is 6.04 Å². The van der Waals surface area contributed by atoms with Crippen molar-refractivity contribution in [2.24, 2.45) is 0 Å². The first-order valence-electron chi connectivity index (χ1n) is 8.74. The molecule has 2 fully saturated rings. The van der Waals surface area contributed by atoms with E-state index in [0.29, 0.717) is 24.3 Å². The predicted octanol–water partition coefficient (Wildman–Crippen LogP) is 0.315. The Hall–Kier alpha value is -2.74. The molecule has 1 unspecified atom stereocenters. The number of amides is 4. The summed E-state index contributed by atoms with van der Waals surface area (Å²) in [5.41, 5.74) is 1.47. The number of ether oxygens (including phenoxy) is 1. The molecule has 0 bridgehead atoms. The molecule has 8 nitrogen and oxygen atoms in total. The summed E-state index contributed by atoms with van der Waals surface area (Å²) < 4.78 is 5.45. The maximum atomic E-state index is 12.8. The number of carbonyl (C=O) groups is 4. The van der Waals surface area contributed by atoms with Crippen molar-refractivity contribution in [1.82, 2.24) is 10.2 Å². The number of hydrogen-bond acceptors (Lipinski definition) is 6. The van der Waals surface area contributed by atoms with Crippen molar-refractivity contribution in [1.29, 1.82) is 0 Å². The molecule has 1 N–H and O–H groups in total. The number of rotatable bonds is 2. The fourth-order valence-electron chi connectivity index (χ4n) is 3.66. The van der Waals surface area contributed by atoms with Gasteiger partial charge in [-0.25, -0.2) is 0 Å². The van der Waals surface area contributed by atoms with Gasteiger partial charge in [0, 0.05) is 31.8 Å². The molecular weight excluding hydrogens is 338 g/mol. The van der Waals surface area contributed by atoms with Crippen molar-refractivity contribution in [3.05, 3.63) is 29.3 Å². The van der Waals surface area contributed by atoms with Gasteiger partial charge in [-0.05, 0) is 31.0 Å². The minimum absolute atomic E-state index is 0.114. The van der Waals surface area contributed by atoms with E-state index in [1.165, 1.54) is 0 Å². The second-order valence-electron chi connectivity index (χ2n) is 6.63. The van der Waals surface area contributed by atoms with Crippen molar-refractivity contribution in [2.45, 2.75) is 25.3 Å². The first-order chi connectivity index (χ1) is 12.6. The van der Waals surface area contributed by atoms with Crippen LogP contribution in [0.1, 0.15) is 40.0 Å². The number of piperidine rings is 1. The van der Waals surface area contributed by atoms with Crippen LogP contribution in [0.2, 0.25) is 0 Å². The van der Waals surface area contributed by atoms with Crippen molar-refractivity contribution in [3.63, 3.8) is 0 Å². The minimum Gasteiger partial charge on any atom is -0.380 e. The molecular formula is C18H19N3O5. The first kappa shape index (κ1) is 16.7. The quantitative estimate of drug-likeness (QED) is 0.766. The SMILES string of the molecule is O=C1CCC(N2C(=O)c3ccc(N4CCCOCC4)cc3C2=O)C(=O)N1. The van der Waals surface area contributed by atoms with E-state index in [4.69, 9.17) is 4.74 Å². The number of anilines is 1. The first-order valence-corrected chi connectivity index (χ1v) is 8.74. The van der Waals surface area contributed by atoms with Gasteiger partial charge in [0.05, 0.1) is 17.7 Å². The molecule has 3 aliphatic rings. The molecule has 3 aliphatic heterocycles. The van der Waals surface area contributed by atoms with Gasteiger partial charge in [0.2, 0.25) is 11.8 Å². The van der Waals surface area contributed by atoms with E-state index in [1.54, 1.807) is 12.1 Å². The van der Waals surface area contributed by atoms with Gasteiger partial charge < -0.3 is 9.64 Å². The average Bonchev–Trinajstić information content (AvgIpc) is 2.82. The third kappa shape index (κ3) is 2.76. The molecule has 1 atom stereocenters. The molecule has 1 aromatic rings. The molecule has 0 aliphatic carbocycles. The van der Waals surface area contributed by atoms with Crippen LogP contribution in [0.25, 0.3) is 0 Å². The van der Waals surface area contributed by atoms with Gasteiger partial charge >= 0.3 is 0 Å². The molecule has 0 radical (unpaired) electrons. The lowest BCUT2D eigenvalue weighted by molar-refractivity contribution is -0.136. The monoisotopic (exact) mass is 357 g/mol. The summed E-state index contributed by atoms with van der Waals surface area (Å²) in [6.45, 7) is 2.87. The van der Waals surface area contributed by atoms with Crippen molar-refractivity contribution >= 4 is 29.3 Å². The largest absolute Gasteiger partial charge is 0.380 e. The molecule has 1 aromatic carbocycles. The van der Waals surface area contributed by atoms with Crippen LogP contribution in [0, 0.1) is 0 Å². The summed E-state index contributed by atoms with van der Waals surface area (Å²) in [4.78, 5) is 52.0. The molecule has 0 aromatic heterocycles. The van der Waals surface area contributed by atoms with E-state index in [1.807, 2.05) is 6.07 Å². The highest BCUT2D eigenvalue weighted by molar-refractivity contribution is 6.23. The lowest BCUT2D eigenvalue weighted by atomic mass is 10.0. The van der Waals surface area contributed by atoms with Gasteiger partial charge in [0.25, 0.3) is 11.8 Å². The maximum absolute atomic E-state index is 12.8. The molecule has 8 heteroatoms. The third-order valence-corrected chi connectivity index (χ3v) is 5.01. The summed E-state index contributed by atoms with van der Waals surface area (Å²) in [5, 5.41) is 2.20. The lowest BCUT2D eigenvalue weighted by Gasteiger charge is -2.27. The predicted molar refractivity (Wildman–Crippen MR) is 90.8 cm³/mol. The zero-order valence-corrected chi connectivity index (χ0v) is 14.2. The van der Waals surface area contributed by atoms with Gasteiger partial charge in [0.15, 0.2) is 0 Å². The highest BCUT2D eigenvalue weighted by Gasteiger charge is 2.44. The zero-order chi connectivity index (χ0) is 18.3. The highest BCUT2D eigenvalue weighted by Crippen LogP contribution is 2.30. The van der Waals surface area contributed by atoms with E-state index in [0.717, 1.165) is 30.1 Å². The minimum atomic E-state index is -0.935. The van der Waals surface area contributed by atoms with Crippen LogP contribution in [0.5, 0.6) is 0 Å². The molecule has 2 saturated heterocycles. The third-order valence-electron chi connectivity index (χ3n) is 5.01. The van der Waals surface area contributed by atoms with Crippen LogP contribution in [-0.2, 0) is 14.3 Å². The maximum Gasteiger partial charge on any atom is 0.262 e. The summed E-state index contributed by atoms with van der Waals surface area (Å²) in [5.74, 6) is -1.94. The van der Waals surface area contributed by atoms with Crippen LogP contribution < -0.4 is 10.2 Å². The molecule has 4 amide bonds. The summed E-state index contributed by atoms with van der Waals surface area (Å²) in [7, 11) is 0. The highest BCUT2D eigenvalue weighted by atomic mass is 16.5. The van der Waals surface area contributed by atoms with Gasteiger partial charge in [-0.2, -0.15) is 0 Å². The standard InChI is InChI=1S/C18H19N3O5/c22-15-5-4-14(16(23)19-15)21-17(24)12-3-2-11(10-13(12)18(21)25)20-6-1-8-26-9-7-20/h2-3,10,14H,1,4-9H2,(H,19,22,23). The average molecular weight is 357 g/mol. The Labute approximate surface area is 150 Å². The number of nitrogens with one attached hydrogen (secondary N) is 1. The number of nitrogens with zero attached hydrogens (tertiary/aromatic N) is 2. The fourth-order valence-corrected chi connectivity index (χ4v) is 3.66. The summed E-state index contributed by atoms with van der Waals surface area (Å²) in [6, 6.07) is 4.24. The Bertz CT molecular complexity index is 798. The Kier molecular flexibility index (Phi) is 4.20. The number of hydrogen-bond donors (Lipinski definition) is 1. The van der Waals surface area contributed by atoms with Crippen LogP contribution in [0.15, 0.2) is 18.2 Å². The molecule has 26 heavy (non-hydrogen) atoms. The van der Waals surface area contributed by atoms with Crippen molar-refractivity contribution in [2.75, 3.05) is 31.2 Å². The van der Waals surface area contributed by atoms with E-state index in [2.05, 4.69) is 10.2 Å². The van der Waals surface area contributed by atoms with E-state index < -0.39 is 23.8 Å². The second kappa shape index (κ2) is 6.53. The van der Waals surface area contributed by atoms with Gasteiger partial charge in [-0.15, -0.1) is 0 Å². The molecule has 4 rings (SSSR count). The summed E-state index contributed by atoms with van der Waals surface area (Å²) >= 11 is 0. The number of imide groups is 2. The Morgan fingerprint density at radius 2 is 1.81 bits per heavy atom. The van der Waals surface area contributed by atoms with Crippen LogP contribution in [-0.4, -0.2) is 60.9 Å². The molecule has 136 valence electrons. The zero-order valence-electron chi connectivity index (χ0n) is 14.2. The number of fused-ring (bicyclic) bond motifs is 1. The number of benzene rings is 1. The molecule has 0 spiro atoms. The van der Waals surface area contributed by atoms with E-state index in [-0.39, 0.29) is 18.7 Å². The lowest BCUT2D eigenvalue weighted by Crippen LogP contribution is -2.54. The van der Waals surface area contributed by atoms with E-state index in [9.17, 15) is 19.2 Å². The molecule has 0 saturated carbocycles. The van der Waals surface area contributed by atoms with Crippen LogP contribution in [0.4, 0.5) is 5.69 Å². The van der Waals surface area contributed by atoms with Crippen LogP contribution in [0.3, 0.4) is 0 Å². The Morgan fingerprint density at radius 1 is 1.00 bits per heavy atom. The fraction of sp³-hybridized carbons (Fsp3) is 0.444. The Morgan fingerprint density at radius 3 is 2.62 bits per heavy atom. The number of carbonyl (C=O) groups excluding carboxylic acids is 4. The molecule has 3 heterocycles. The van der Waals surface area contributed by atoms with Crippen molar-refractivity contribution in [3.8, 4) is 0 Å².